The molecule has 13 heavy (non-hydrogen) atoms. The molecule has 0 saturated heterocycles. The van der Waals surface area contributed by atoms with Crippen molar-refractivity contribution in [2.24, 2.45) is 11.5 Å². The highest BCUT2D eigenvalue weighted by molar-refractivity contribution is 4.60. The summed E-state index contributed by atoms with van der Waals surface area (Å²) in [4.78, 5) is 0. The molecule has 7 N–H and O–H groups in total. The highest BCUT2D eigenvalue weighted by Crippen LogP contribution is 1.87. The van der Waals surface area contributed by atoms with Gasteiger partial charge in [0.15, 0.2) is 0 Å². The molecule has 0 aromatic carbocycles. The average molecular weight is 190 g/mol. The van der Waals surface area contributed by atoms with E-state index in [4.69, 9.17) is 16.6 Å². The Kier molecular flexibility index (Phi) is 8.27. The summed E-state index contributed by atoms with van der Waals surface area (Å²) in [5, 5.41) is 14.9. The Labute approximate surface area is 79.9 Å². The zero-order valence-electron chi connectivity index (χ0n) is 8.29. The monoisotopic (exact) mass is 190 g/mol. The van der Waals surface area contributed by atoms with Crippen molar-refractivity contribution < 1.29 is 5.11 Å². The van der Waals surface area contributed by atoms with Gasteiger partial charge in [0.1, 0.15) is 6.23 Å². The summed E-state index contributed by atoms with van der Waals surface area (Å²) in [6, 6.07) is 0. The third-order valence-electron chi connectivity index (χ3n) is 1.69. The Bertz CT molecular complexity index is 110. The fraction of sp³-hybridized carbons (Fsp3) is 1.00. The SMILES string of the molecule is CC(O)NCCNC(N)CCCN. The van der Waals surface area contributed by atoms with E-state index in [0.29, 0.717) is 13.1 Å². The maximum atomic E-state index is 8.87. The van der Waals surface area contributed by atoms with Crippen LogP contribution in [0.4, 0.5) is 0 Å². The molecule has 2 unspecified atom stereocenters. The zero-order valence-corrected chi connectivity index (χ0v) is 8.29. The maximum Gasteiger partial charge on any atom is 0.102 e. The summed E-state index contributed by atoms with van der Waals surface area (Å²) in [5.41, 5.74) is 11.1. The molecular weight excluding hydrogens is 168 g/mol. The Hall–Kier alpha value is -0.200. The first-order chi connectivity index (χ1) is 6.16. The first-order valence-corrected chi connectivity index (χ1v) is 4.77. The van der Waals surface area contributed by atoms with Crippen molar-refractivity contribution in [1.29, 1.82) is 0 Å². The van der Waals surface area contributed by atoms with Gasteiger partial charge in [-0.2, -0.15) is 0 Å². The van der Waals surface area contributed by atoms with Crippen LogP contribution in [0.2, 0.25) is 0 Å². The molecule has 2 atom stereocenters. The molecular formula is C8H22N4O. The summed E-state index contributed by atoms with van der Waals surface area (Å²) < 4.78 is 0. The highest BCUT2D eigenvalue weighted by atomic mass is 16.3. The van der Waals surface area contributed by atoms with Crippen molar-refractivity contribution in [1.82, 2.24) is 10.6 Å². The molecule has 0 spiro atoms. The predicted molar refractivity (Wildman–Crippen MR) is 54.0 cm³/mol. The second kappa shape index (κ2) is 8.40. The quantitative estimate of drug-likeness (QED) is 0.238. The molecule has 5 nitrogen and oxygen atoms in total. The van der Waals surface area contributed by atoms with Gasteiger partial charge in [-0.15, -0.1) is 0 Å². The third kappa shape index (κ3) is 9.72. The molecule has 0 radical (unpaired) electrons. The lowest BCUT2D eigenvalue weighted by atomic mass is 10.2. The minimum absolute atomic E-state index is 0.0133. The van der Waals surface area contributed by atoms with Crippen molar-refractivity contribution in [3.05, 3.63) is 0 Å². The van der Waals surface area contributed by atoms with Crippen LogP contribution in [0.15, 0.2) is 0 Å². The van der Waals surface area contributed by atoms with Crippen LogP contribution in [0.25, 0.3) is 0 Å². The lowest BCUT2D eigenvalue weighted by Crippen LogP contribution is -2.42. The van der Waals surface area contributed by atoms with E-state index in [1.165, 1.54) is 0 Å². The molecule has 0 saturated carbocycles. The van der Waals surface area contributed by atoms with Gasteiger partial charge in [0.25, 0.3) is 0 Å². The topological polar surface area (TPSA) is 96.3 Å². The van der Waals surface area contributed by atoms with Crippen LogP contribution < -0.4 is 22.1 Å². The molecule has 0 aliphatic rings. The van der Waals surface area contributed by atoms with Crippen LogP contribution >= 0.6 is 0 Å². The second-order valence-electron chi connectivity index (χ2n) is 3.12. The fourth-order valence-electron chi connectivity index (χ4n) is 0.978. The number of aliphatic hydroxyl groups excluding tert-OH is 1. The Morgan fingerprint density at radius 1 is 1.31 bits per heavy atom. The molecule has 0 aliphatic carbocycles. The van der Waals surface area contributed by atoms with Gasteiger partial charge in [-0.1, -0.05) is 0 Å². The lowest BCUT2D eigenvalue weighted by Gasteiger charge is -2.14. The van der Waals surface area contributed by atoms with Gasteiger partial charge in [0.2, 0.25) is 0 Å². The molecule has 80 valence electrons. The first-order valence-electron chi connectivity index (χ1n) is 4.77. The standard InChI is InChI=1S/C8H22N4O/c1-7(13)11-5-6-12-8(10)3-2-4-9/h7-8,11-13H,2-6,9-10H2,1H3. The maximum absolute atomic E-state index is 8.87. The second-order valence-corrected chi connectivity index (χ2v) is 3.12. The minimum atomic E-state index is -0.456. The van der Waals surface area contributed by atoms with Gasteiger partial charge in [-0.05, 0) is 26.3 Å². The average Bonchev–Trinajstić information content (AvgIpc) is 2.08. The lowest BCUT2D eigenvalue weighted by molar-refractivity contribution is 0.157. The molecule has 0 heterocycles. The van der Waals surface area contributed by atoms with Crippen LogP contribution in [-0.4, -0.2) is 37.1 Å². The molecule has 0 aromatic heterocycles. The van der Waals surface area contributed by atoms with E-state index in [-0.39, 0.29) is 6.17 Å². The molecule has 0 aromatic rings. The van der Waals surface area contributed by atoms with Crippen molar-refractivity contribution in [3.63, 3.8) is 0 Å². The fourth-order valence-corrected chi connectivity index (χ4v) is 0.978. The summed E-state index contributed by atoms with van der Waals surface area (Å²) in [6.07, 6.45) is 1.39. The molecule has 0 amide bonds. The molecule has 0 fully saturated rings. The van der Waals surface area contributed by atoms with Gasteiger partial charge >= 0.3 is 0 Å². The van der Waals surface area contributed by atoms with E-state index in [1.54, 1.807) is 6.92 Å². The van der Waals surface area contributed by atoms with Crippen LogP contribution in [0.1, 0.15) is 19.8 Å². The van der Waals surface area contributed by atoms with E-state index in [0.717, 1.165) is 19.4 Å². The van der Waals surface area contributed by atoms with E-state index < -0.39 is 6.23 Å². The number of hydrogen-bond donors (Lipinski definition) is 5. The third-order valence-corrected chi connectivity index (χ3v) is 1.69. The normalized spacial score (nSPS) is 15.7. The number of rotatable bonds is 8. The van der Waals surface area contributed by atoms with E-state index >= 15 is 0 Å². The van der Waals surface area contributed by atoms with Crippen LogP contribution in [0, 0.1) is 0 Å². The van der Waals surface area contributed by atoms with Crippen LogP contribution in [-0.2, 0) is 0 Å². The number of nitrogens with one attached hydrogen (secondary N) is 2. The number of nitrogens with two attached hydrogens (primary N) is 2. The van der Waals surface area contributed by atoms with Crippen LogP contribution in [0.5, 0.6) is 0 Å². The molecule has 0 aliphatic heterocycles. The summed E-state index contributed by atoms with van der Waals surface area (Å²) in [5.74, 6) is 0. The Morgan fingerprint density at radius 3 is 2.46 bits per heavy atom. The Balaban J connectivity index is 3.12. The summed E-state index contributed by atoms with van der Waals surface area (Å²) in [7, 11) is 0. The van der Waals surface area contributed by atoms with Crippen molar-refractivity contribution in [2.45, 2.75) is 32.2 Å². The number of hydrogen-bond acceptors (Lipinski definition) is 5. The van der Waals surface area contributed by atoms with Crippen molar-refractivity contribution in [2.75, 3.05) is 19.6 Å². The van der Waals surface area contributed by atoms with Crippen molar-refractivity contribution in [3.8, 4) is 0 Å². The van der Waals surface area contributed by atoms with E-state index in [1.807, 2.05) is 0 Å². The van der Waals surface area contributed by atoms with E-state index in [2.05, 4.69) is 10.6 Å². The van der Waals surface area contributed by atoms with Crippen LogP contribution in [0.3, 0.4) is 0 Å². The van der Waals surface area contributed by atoms with Gasteiger partial charge < -0.3 is 21.9 Å². The molecule has 0 bridgehead atoms. The molecule has 0 rings (SSSR count). The molecule has 5 heteroatoms. The first kappa shape index (κ1) is 12.8. The van der Waals surface area contributed by atoms with Gasteiger partial charge in [0, 0.05) is 13.1 Å². The smallest absolute Gasteiger partial charge is 0.102 e. The number of aliphatic hydroxyl groups is 1. The predicted octanol–water partition coefficient (Wildman–Crippen LogP) is -1.47. The minimum Gasteiger partial charge on any atom is -0.379 e. The Morgan fingerprint density at radius 2 is 1.92 bits per heavy atom. The van der Waals surface area contributed by atoms with E-state index in [9.17, 15) is 0 Å². The van der Waals surface area contributed by atoms with Crippen molar-refractivity contribution >= 4 is 0 Å². The summed E-state index contributed by atoms with van der Waals surface area (Å²) >= 11 is 0. The van der Waals surface area contributed by atoms with Gasteiger partial charge in [-0.25, -0.2) is 0 Å². The zero-order chi connectivity index (χ0) is 10.1. The largest absolute Gasteiger partial charge is 0.379 e. The van der Waals surface area contributed by atoms with Gasteiger partial charge in [0.05, 0.1) is 6.17 Å². The summed E-state index contributed by atoms with van der Waals surface area (Å²) in [6.45, 7) is 3.85. The van der Waals surface area contributed by atoms with Gasteiger partial charge in [-0.3, -0.25) is 5.32 Å². The highest BCUT2D eigenvalue weighted by Gasteiger charge is 1.99.